The molecule has 1 saturated carbocycles. The van der Waals surface area contributed by atoms with Crippen LogP contribution in [-0.2, 0) is 16.6 Å². The highest BCUT2D eigenvalue weighted by atomic mass is 35.5. The molecule has 2 aromatic rings. The van der Waals surface area contributed by atoms with Gasteiger partial charge >= 0.3 is 6.18 Å². The minimum atomic E-state index is -4.95. The summed E-state index contributed by atoms with van der Waals surface area (Å²) in [5.41, 5.74) is -0.0188. The molecule has 2 amide bonds. The number of amides is 2. The molecule has 30 heavy (non-hydrogen) atoms. The molecule has 2 aliphatic rings. The van der Waals surface area contributed by atoms with Gasteiger partial charge in [0.25, 0.3) is 5.91 Å². The van der Waals surface area contributed by atoms with Crippen LogP contribution < -0.4 is 10.6 Å². The van der Waals surface area contributed by atoms with Gasteiger partial charge in [-0.1, -0.05) is 36.2 Å². The summed E-state index contributed by atoms with van der Waals surface area (Å²) in [6.45, 7) is 0.137. The summed E-state index contributed by atoms with van der Waals surface area (Å²) in [5, 5.41) is 11.5. The van der Waals surface area contributed by atoms with Gasteiger partial charge in [0, 0.05) is 28.3 Å². The lowest BCUT2D eigenvalue weighted by Crippen LogP contribution is -2.44. The Bertz CT molecular complexity index is 1050. The van der Waals surface area contributed by atoms with E-state index in [0.717, 1.165) is 30.2 Å². The lowest BCUT2D eigenvalue weighted by molar-refractivity contribution is -0.142. The maximum atomic E-state index is 14.0. The van der Waals surface area contributed by atoms with Crippen molar-refractivity contribution >= 4 is 29.1 Å². The Balaban J connectivity index is 2.03. The number of carbonyl (C=O) groups excluding carboxylic acids is 2. The Hall–Kier alpha value is -2.58. The van der Waals surface area contributed by atoms with Crippen LogP contribution in [0.25, 0.3) is 0 Å². The Morgan fingerprint density at radius 3 is 2.47 bits per heavy atom. The van der Waals surface area contributed by atoms with Crippen LogP contribution in [0.4, 0.5) is 18.9 Å². The van der Waals surface area contributed by atoms with Crippen molar-refractivity contribution in [3.63, 3.8) is 0 Å². The number of carbonyl (C=O) groups is 2. The zero-order chi connectivity index (χ0) is 21.8. The van der Waals surface area contributed by atoms with E-state index in [1.165, 1.54) is 18.2 Å². The molecule has 1 atom stereocenters. The number of nitrogens with zero attached hydrogens (tertiary/aromatic N) is 1. The Morgan fingerprint density at radius 2 is 1.93 bits per heavy atom. The van der Waals surface area contributed by atoms with Gasteiger partial charge in [-0.25, -0.2) is 0 Å². The number of alkyl halides is 3. The normalized spacial score (nSPS) is 21.5. The molecule has 1 unspecified atom stereocenters. The average Bonchev–Trinajstić information content (AvgIpc) is 2.85. The molecule has 2 aromatic carbocycles. The molecule has 1 fully saturated rings. The average molecular weight is 439 g/mol. The van der Waals surface area contributed by atoms with Crippen LogP contribution >= 0.6 is 11.6 Å². The number of primary amides is 1. The molecule has 158 valence electrons. The second-order valence-corrected chi connectivity index (χ2v) is 8.09. The first-order valence-corrected chi connectivity index (χ1v) is 9.77. The monoisotopic (exact) mass is 438 g/mol. The van der Waals surface area contributed by atoms with Gasteiger partial charge in [0.1, 0.15) is 0 Å². The number of benzene rings is 2. The zero-order valence-corrected chi connectivity index (χ0v) is 16.4. The highest BCUT2D eigenvalue weighted by Gasteiger charge is 2.56. The van der Waals surface area contributed by atoms with E-state index < -0.39 is 40.3 Å². The molecule has 9 heteroatoms. The van der Waals surface area contributed by atoms with Gasteiger partial charge in [-0.15, -0.1) is 0 Å². The van der Waals surface area contributed by atoms with Gasteiger partial charge in [-0.2, -0.15) is 13.2 Å². The predicted octanol–water partition coefficient (Wildman–Crippen LogP) is 3.84. The molecule has 4 rings (SSSR count). The first-order chi connectivity index (χ1) is 14.0. The number of rotatable bonds is 4. The summed E-state index contributed by atoms with van der Waals surface area (Å²) in [7, 11) is 0. The van der Waals surface area contributed by atoms with Crippen molar-refractivity contribution in [2.24, 2.45) is 11.7 Å². The number of halogens is 4. The number of hydrogen-bond acceptors (Lipinski definition) is 3. The van der Waals surface area contributed by atoms with Gasteiger partial charge < -0.3 is 15.7 Å². The number of nitrogens with two attached hydrogens (primary N) is 1. The molecule has 1 aliphatic heterocycles. The predicted molar refractivity (Wildman–Crippen MR) is 104 cm³/mol. The van der Waals surface area contributed by atoms with E-state index in [1.807, 2.05) is 0 Å². The molecule has 0 saturated heterocycles. The third kappa shape index (κ3) is 3.06. The maximum absolute atomic E-state index is 14.0. The second kappa shape index (κ2) is 6.99. The largest absolute Gasteiger partial charge is 0.416 e. The summed E-state index contributed by atoms with van der Waals surface area (Å²) < 4.78 is 42.0. The van der Waals surface area contributed by atoms with Crippen molar-refractivity contribution in [1.82, 2.24) is 0 Å². The van der Waals surface area contributed by atoms with Crippen molar-refractivity contribution in [3.05, 3.63) is 63.7 Å². The lowest BCUT2D eigenvalue weighted by atomic mass is 9.83. The van der Waals surface area contributed by atoms with E-state index in [4.69, 9.17) is 17.3 Å². The Labute approximate surface area is 175 Å². The number of fused-ring (bicyclic) bond motifs is 1. The smallest absolute Gasteiger partial charge is 0.372 e. The minimum Gasteiger partial charge on any atom is -0.372 e. The fraction of sp³-hybridized carbons (Fsp3) is 0.333. The molecule has 0 radical (unpaired) electrons. The fourth-order valence-corrected chi connectivity index (χ4v) is 4.39. The highest BCUT2D eigenvalue weighted by Crippen LogP contribution is 2.52. The molecular weight excluding hydrogens is 421 g/mol. The number of hydrogen-bond donors (Lipinski definition) is 2. The molecular formula is C21H18ClF3N2O3. The van der Waals surface area contributed by atoms with Crippen LogP contribution in [0, 0.1) is 5.92 Å². The minimum absolute atomic E-state index is 0.0445. The standard InChI is InChI=1S/C21H18ClF3N2O3/c22-15-7-2-1-6-13(15)20(30)17-14(21(23,24)25)8-12(18(26)28)9-16(17)27(19(20)29)10-11-4-3-5-11/h1-2,6-9,11,30H,3-5,10H2,(H2,26,28). The fourth-order valence-electron chi connectivity index (χ4n) is 4.12. The van der Waals surface area contributed by atoms with Crippen LogP contribution in [0.3, 0.4) is 0 Å². The Morgan fingerprint density at radius 1 is 1.27 bits per heavy atom. The summed E-state index contributed by atoms with van der Waals surface area (Å²) in [4.78, 5) is 26.2. The third-order valence-electron chi connectivity index (χ3n) is 5.84. The van der Waals surface area contributed by atoms with E-state index >= 15 is 0 Å². The number of aliphatic hydroxyl groups is 1. The molecule has 3 N–H and O–H groups in total. The van der Waals surface area contributed by atoms with Crippen molar-refractivity contribution in [1.29, 1.82) is 0 Å². The maximum Gasteiger partial charge on any atom is 0.416 e. The molecule has 0 bridgehead atoms. The van der Waals surface area contributed by atoms with Crippen LogP contribution in [-0.4, -0.2) is 23.5 Å². The second-order valence-electron chi connectivity index (χ2n) is 7.68. The first kappa shape index (κ1) is 20.7. The van der Waals surface area contributed by atoms with Crippen LogP contribution in [0.15, 0.2) is 36.4 Å². The SMILES string of the molecule is NC(=O)c1cc2c(c(C(F)(F)F)c1)C(O)(c1ccccc1Cl)C(=O)N2CC1CCC1. The molecule has 5 nitrogen and oxygen atoms in total. The topological polar surface area (TPSA) is 83.6 Å². The van der Waals surface area contributed by atoms with Crippen molar-refractivity contribution in [2.75, 3.05) is 11.4 Å². The van der Waals surface area contributed by atoms with Gasteiger partial charge in [0.2, 0.25) is 5.91 Å². The van der Waals surface area contributed by atoms with Gasteiger partial charge in [0.15, 0.2) is 5.60 Å². The van der Waals surface area contributed by atoms with E-state index in [1.54, 1.807) is 6.07 Å². The number of anilines is 1. The zero-order valence-electron chi connectivity index (χ0n) is 15.7. The van der Waals surface area contributed by atoms with Crippen LogP contribution in [0.1, 0.15) is 46.3 Å². The molecule has 1 heterocycles. The van der Waals surface area contributed by atoms with Crippen molar-refractivity contribution in [3.8, 4) is 0 Å². The molecule has 0 spiro atoms. The summed E-state index contributed by atoms with van der Waals surface area (Å²) in [6.07, 6.45) is -2.34. The third-order valence-corrected chi connectivity index (χ3v) is 6.17. The molecule has 1 aliphatic carbocycles. The van der Waals surface area contributed by atoms with Crippen molar-refractivity contribution in [2.45, 2.75) is 31.0 Å². The lowest BCUT2D eigenvalue weighted by Gasteiger charge is -2.31. The van der Waals surface area contributed by atoms with Gasteiger partial charge in [0.05, 0.1) is 11.3 Å². The van der Waals surface area contributed by atoms with Gasteiger partial charge in [-0.3, -0.25) is 9.59 Å². The van der Waals surface area contributed by atoms with E-state index in [2.05, 4.69) is 0 Å². The Kier molecular flexibility index (Phi) is 4.82. The quantitative estimate of drug-likeness (QED) is 0.760. The summed E-state index contributed by atoms with van der Waals surface area (Å²) >= 11 is 6.18. The first-order valence-electron chi connectivity index (χ1n) is 9.40. The van der Waals surface area contributed by atoms with Crippen molar-refractivity contribution < 1.29 is 27.9 Å². The van der Waals surface area contributed by atoms with E-state index in [-0.39, 0.29) is 28.7 Å². The summed E-state index contributed by atoms with van der Waals surface area (Å²) in [5.74, 6) is -1.89. The van der Waals surface area contributed by atoms with E-state index in [0.29, 0.717) is 6.07 Å². The van der Waals surface area contributed by atoms with Crippen LogP contribution in [0.2, 0.25) is 5.02 Å². The molecule has 0 aromatic heterocycles. The van der Waals surface area contributed by atoms with Gasteiger partial charge in [-0.05, 0) is 37.0 Å². The highest BCUT2D eigenvalue weighted by molar-refractivity contribution is 6.32. The summed E-state index contributed by atoms with van der Waals surface area (Å²) in [6, 6.07) is 7.44. The van der Waals surface area contributed by atoms with Crippen LogP contribution in [0.5, 0.6) is 0 Å². The van der Waals surface area contributed by atoms with E-state index in [9.17, 15) is 27.9 Å².